The van der Waals surface area contributed by atoms with E-state index in [4.69, 9.17) is 9.47 Å². The molecule has 0 aromatic heterocycles. The largest absolute Gasteiger partial charge is 0.507 e. The van der Waals surface area contributed by atoms with Crippen LogP contribution in [0.25, 0.3) is 0 Å². The van der Waals surface area contributed by atoms with Crippen LogP contribution in [0.3, 0.4) is 0 Å². The SMILES string of the molecule is CC(C)CC(=O)c1c(OC(=O)c2ccccc2)cc2c(c1O)C(CC(C)C)C1=C(O2)C(C)(C)C(=O)C(C)(C)C1=O. The number of rotatable bonds is 7. The summed E-state index contributed by atoms with van der Waals surface area (Å²) in [4.78, 5) is 53.9. The average molecular weight is 547 g/mol. The van der Waals surface area contributed by atoms with Crippen molar-refractivity contribution in [2.75, 3.05) is 0 Å². The number of carbonyl (C=O) groups is 4. The minimum absolute atomic E-state index is 0.0230. The van der Waals surface area contributed by atoms with E-state index in [0.717, 1.165) is 0 Å². The van der Waals surface area contributed by atoms with E-state index in [1.807, 2.05) is 27.7 Å². The molecule has 0 radical (unpaired) electrons. The molecule has 1 unspecified atom stereocenters. The zero-order valence-corrected chi connectivity index (χ0v) is 24.5. The van der Waals surface area contributed by atoms with Gasteiger partial charge in [-0.25, -0.2) is 4.79 Å². The molecule has 0 fully saturated rings. The summed E-state index contributed by atoms with van der Waals surface area (Å²) in [5, 5.41) is 11.8. The van der Waals surface area contributed by atoms with E-state index in [1.165, 1.54) is 6.07 Å². The maximum atomic E-state index is 13.8. The van der Waals surface area contributed by atoms with Gasteiger partial charge in [0.15, 0.2) is 17.3 Å². The van der Waals surface area contributed by atoms with Crippen LogP contribution in [-0.2, 0) is 9.59 Å². The van der Waals surface area contributed by atoms with Gasteiger partial charge in [-0.1, -0.05) is 45.9 Å². The van der Waals surface area contributed by atoms with E-state index in [2.05, 4.69) is 0 Å². The fourth-order valence-electron chi connectivity index (χ4n) is 5.84. The number of phenols is 1. The van der Waals surface area contributed by atoms with Crippen molar-refractivity contribution in [1.29, 1.82) is 0 Å². The van der Waals surface area contributed by atoms with Crippen LogP contribution in [0.1, 0.15) is 100 Å². The van der Waals surface area contributed by atoms with Crippen LogP contribution in [0.5, 0.6) is 17.2 Å². The fraction of sp³-hybridized carbons (Fsp3) is 0.455. The van der Waals surface area contributed by atoms with E-state index in [9.17, 15) is 24.3 Å². The zero-order valence-electron chi connectivity index (χ0n) is 24.5. The summed E-state index contributed by atoms with van der Waals surface area (Å²) >= 11 is 0. The van der Waals surface area contributed by atoms with Gasteiger partial charge in [-0.3, -0.25) is 14.4 Å². The number of benzene rings is 2. The minimum atomic E-state index is -1.28. The molecule has 1 aliphatic carbocycles. The molecule has 1 N–H and O–H groups in total. The fourth-order valence-corrected chi connectivity index (χ4v) is 5.84. The number of fused-ring (bicyclic) bond motifs is 1. The molecular formula is C33H38O7. The van der Waals surface area contributed by atoms with Gasteiger partial charge < -0.3 is 14.6 Å². The Bertz CT molecular complexity index is 1420. The Hall–Kier alpha value is -3.74. The van der Waals surface area contributed by atoms with Crippen LogP contribution in [0, 0.1) is 22.7 Å². The molecule has 1 heterocycles. The van der Waals surface area contributed by atoms with Crippen molar-refractivity contribution in [3.05, 3.63) is 64.4 Å². The second-order valence-corrected chi connectivity index (χ2v) is 12.7. The number of aromatic hydroxyl groups is 1. The maximum Gasteiger partial charge on any atom is 0.343 e. The lowest BCUT2D eigenvalue weighted by atomic mass is 9.59. The molecule has 2 aromatic carbocycles. The third-order valence-corrected chi connectivity index (χ3v) is 7.73. The molecule has 212 valence electrons. The third kappa shape index (κ3) is 4.87. The average Bonchev–Trinajstić information content (AvgIpc) is 2.86. The van der Waals surface area contributed by atoms with Gasteiger partial charge in [-0.15, -0.1) is 0 Å². The predicted octanol–water partition coefficient (Wildman–Crippen LogP) is 6.82. The lowest BCUT2D eigenvalue weighted by molar-refractivity contribution is -0.144. The van der Waals surface area contributed by atoms with Gasteiger partial charge in [-0.05, 0) is 58.1 Å². The van der Waals surface area contributed by atoms with Crippen LogP contribution in [0.4, 0.5) is 0 Å². The monoisotopic (exact) mass is 546 g/mol. The Morgan fingerprint density at radius 3 is 2.17 bits per heavy atom. The summed E-state index contributed by atoms with van der Waals surface area (Å²) in [5.41, 5.74) is -1.60. The number of Topliss-reactive ketones (excluding diaryl/α,β-unsaturated/α-hetero) is 3. The minimum Gasteiger partial charge on any atom is -0.507 e. The maximum absolute atomic E-state index is 13.8. The summed E-state index contributed by atoms with van der Waals surface area (Å²) in [6.07, 6.45) is 0.579. The lowest BCUT2D eigenvalue weighted by Crippen LogP contribution is -2.51. The standard InChI is InChI=1S/C33H38O7/c1-17(2)14-20-24-22(39-29-25(20)28(36)32(5,6)31(38)33(29,7)8)16-23(26(27(24)35)21(34)15-18(3)4)40-30(37)19-12-10-9-11-13-19/h9-13,16-18,20,35H,14-15H2,1-8H3. The summed E-state index contributed by atoms with van der Waals surface area (Å²) in [7, 11) is 0. The molecule has 0 spiro atoms. The molecule has 0 saturated carbocycles. The Kier molecular flexibility index (Phi) is 7.56. The highest BCUT2D eigenvalue weighted by Gasteiger charge is 2.57. The van der Waals surface area contributed by atoms with Crippen LogP contribution in [-0.4, -0.2) is 28.4 Å². The second kappa shape index (κ2) is 10.3. The summed E-state index contributed by atoms with van der Waals surface area (Å²) < 4.78 is 12.0. The van der Waals surface area contributed by atoms with Crippen molar-refractivity contribution in [2.45, 2.75) is 74.1 Å². The number of hydrogen-bond donors (Lipinski definition) is 1. The number of carbonyl (C=O) groups excluding carboxylic acids is 4. The van der Waals surface area contributed by atoms with Crippen LogP contribution in [0.2, 0.25) is 0 Å². The summed E-state index contributed by atoms with van der Waals surface area (Å²) in [6, 6.07) is 9.77. The third-order valence-electron chi connectivity index (χ3n) is 7.73. The smallest absolute Gasteiger partial charge is 0.343 e. The van der Waals surface area contributed by atoms with Crippen molar-refractivity contribution in [3.8, 4) is 17.2 Å². The van der Waals surface area contributed by atoms with Crippen molar-refractivity contribution in [1.82, 2.24) is 0 Å². The number of phenolic OH excluding ortho intramolecular Hbond substituents is 1. The van der Waals surface area contributed by atoms with Gasteiger partial charge in [-0.2, -0.15) is 0 Å². The molecule has 40 heavy (non-hydrogen) atoms. The van der Waals surface area contributed by atoms with Gasteiger partial charge >= 0.3 is 5.97 Å². The van der Waals surface area contributed by atoms with Gasteiger partial charge in [0.05, 0.1) is 16.4 Å². The number of esters is 1. The van der Waals surface area contributed by atoms with Crippen LogP contribution in [0.15, 0.2) is 47.7 Å². The van der Waals surface area contributed by atoms with Gasteiger partial charge in [0.25, 0.3) is 0 Å². The zero-order chi connectivity index (χ0) is 29.7. The first-order chi connectivity index (χ1) is 18.6. The summed E-state index contributed by atoms with van der Waals surface area (Å²) in [5.74, 6) is -2.34. The van der Waals surface area contributed by atoms with Crippen molar-refractivity contribution in [2.24, 2.45) is 22.7 Å². The van der Waals surface area contributed by atoms with E-state index in [1.54, 1.807) is 58.0 Å². The highest BCUT2D eigenvalue weighted by molar-refractivity contribution is 6.20. The molecule has 2 aliphatic rings. The first-order valence-electron chi connectivity index (χ1n) is 13.8. The normalized spacial score (nSPS) is 19.3. The van der Waals surface area contributed by atoms with Crippen LogP contribution >= 0.6 is 0 Å². The molecule has 4 rings (SSSR count). The van der Waals surface area contributed by atoms with Crippen LogP contribution < -0.4 is 9.47 Å². The van der Waals surface area contributed by atoms with Crippen molar-refractivity contribution in [3.63, 3.8) is 0 Å². The molecule has 2 aromatic rings. The van der Waals surface area contributed by atoms with E-state index >= 15 is 0 Å². The summed E-state index contributed by atoms with van der Waals surface area (Å²) in [6.45, 7) is 14.5. The van der Waals surface area contributed by atoms with Crippen molar-refractivity contribution < 1.29 is 33.8 Å². The second-order valence-electron chi connectivity index (χ2n) is 12.7. The van der Waals surface area contributed by atoms with Gasteiger partial charge in [0.2, 0.25) is 0 Å². The Labute approximate surface area is 235 Å². The first kappa shape index (κ1) is 29.2. The van der Waals surface area contributed by atoms with E-state index in [0.29, 0.717) is 17.6 Å². The number of allylic oxidation sites excluding steroid dienone is 2. The molecule has 1 atom stereocenters. The molecule has 0 saturated heterocycles. The molecule has 0 bridgehead atoms. The Morgan fingerprint density at radius 2 is 1.60 bits per heavy atom. The molecule has 7 nitrogen and oxygen atoms in total. The van der Waals surface area contributed by atoms with Gasteiger partial charge in [0, 0.05) is 29.5 Å². The van der Waals surface area contributed by atoms with Gasteiger partial charge in [0.1, 0.15) is 28.6 Å². The topological polar surface area (TPSA) is 107 Å². The lowest BCUT2D eigenvalue weighted by Gasteiger charge is -2.45. The quantitative estimate of drug-likeness (QED) is 0.176. The highest BCUT2D eigenvalue weighted by atomic mass is 16.5. The number of hydrogen-bond acceptors (Lipinski definition) is 7. The first-order valence-corrected chi connectivity index (χ1v) is 13.8. The van der Waals surface area contributed by atoms with E-state index < -0.39 is 22.7 Å². The number of ketones is 3. The van der Waals surface area contributed by atoms with E-state index in [-0.39, 0.29) is 69.7 Å². The highest BCUT2D eigenvalue weighted by Crippen LogP contribution is 2.57. The Morgan fingerprint density at radius 1 is 0.975 bits per heavy atom. The number of ether oxygens (including phenoxy) is 2. The predicted molar refractivity (Wildman–Crippen MR) is 151 cm³/mol. The molecular weight excluding hydrogens is 508 g/mol. The molecule has 1 aliphatic heterocycles. The molecule has 7 heteroatoms. The van der Waals surface area contributed by atoms with Crippen molar-refractivity contribution >= 4 is 23.3 Å². The molecule has 0 amide bonds. The Balaban J connectivity index is 1.98.